The van der Waals surface area contributed by atoms with Crippen molar-refractivity contribution in [3.05, 3.63) is 46.6 Å². The number of ether oxygens (including phenoxy) is 6. The molecule has 0 aliphatic carbocycles. The highest BCUT2D eigenvalue weighted by Crippen LogP contribution is 2.44. The Labute approximate surface area is 313 Å². The summed E-state index contributed by atoms with van der Waals surface area (Å²) in [5.41, 5.74) is -3.50. The number of urea groups is 1. The van der Waals surface area contributed by atoms with Crippen molar-refractivity contribution in [1.82, 2.24) is 24.8 Å². The largest absolute Gasteiger partial charge is 0.463 e. The van der Waals surface area contributed by atoms with Crippen LogP contribution < -0.4 is 10.2 Å². The third-order valence-electron chi connectivity index (χ3n) is 8.39. The number of carbonyl (C=O) groups excluding carboxylic acids is 5. The molecule has 0 unspecified atom stereocenters. The Morgan fingerprint density at radius 1 is 1.08 bits per heavy atom. The molecule has 0 saturated carbocycles. The van der Waals surface area contributed by atoms with E-state index in [4.69, 9.17) is 58.0 Å². The number of terminal acetylenes is 1. The van der Waals surface area contributed by atoms with Gasteiger partial charge in [0, 0.05) is 39.0 Å². The molecule has 1 aromatic carbocycles. The van der Waals surface area contributed by atoms with Crippen molar-refractivity contribution in [1.29, 1.82) is 0 Å². The fraction of sp³-hybridized carbons (Fsp3) is 0.471. The molecule has 53 heavy (non-hydrogen) atoms. The molecule has 2 aliphatic rings. The number of fused-ring (bicyclic) bond motifs is 1. The maximum Gasteiger partial charge on any atom is 0.350 e. The van der Waals surface area contributed by atoms with Crippen LogP contribution in [0.2, 0.25) is 10.4 Å². The standard InChI is InChI=1S/C34H36Cl2N6O11/c1-6-33(53-20(5)44)23(52-28(25(33)51-19(4)43)42-18-38-24-26(35)39-31(36)40-27(24)42)17-50-34(29(45)48-7-2,30(46)49-8-3)16-21-10-12-22(13-11-21)41-15-9-14-37-32(41)47/h1,10-13,18,23,25,28H,7-9,14-17H2,2-5H3,(H,37,47)/t23-,25+,28-,33-/m1/s1. The number of nitrogens with one attached hydrogen (secondary N) is 1. The van der Waals surface area contributed by atoms with Crippen molar-refractivity contribution in [2.75, 3.05) is 37.8 Å². The lowest BCUT2D eigenvalue weighted by molar-refractivity contribution is -0.200. The van der Waals surface area contributed by atoms with Crippen molar-refractivity contribution >= 4 is 70.0 Å². The number of aromatic nitrogens is 4. The fourth-order valence-corrected chi connectivity index (χ4v) is 6.53. The first-order chi connectivity index (χ1) is 25.3. The summed E-state index contributed by atoms with van der Waals surface area (Å²) >= 11 is 12.3. The van der Waals surface area contributed by atoms with Gasteiger partial charge in [-0.1, -0.05) is 29.7 Å². The number of amides is 2. The quantitative estimate of drug-likeness (QED) is 0.0664. The first kappa shape index (κ1) is 39.2. The lowest BCUT2D eigenvalue weighted by atomic mass is 9.91. The Morgan fingerprint density at radius 2 is 1.75 bits per heavy atom. The molecular formula is C34H36Cl2N6O11. The molecule has 19 heteroatoms. The minimum absolute atomic E-state index is 0.0466. The van der Waals surface area contributed by atoms with Crippen LogP contribution >= 0.6 is 23.2 Å². The van der Waals surface area contributed by atoms with Gasteiger partial charge in [-0.25, -0.2) is 24.4 Å². The maximum absolute atomic E-state index is 13.8. The van der Waals surface area contributed by atoms with E-state index in [1.807, 2.05) is 0 Å². The summed E-state index contributed by atoms with van der Waals surface area (Å²) < 4.78 is 35.9. The van der Waals surface area contributed by atoms with Gasteiger partial charge in [0.2, 0.25) is 17.0 Å². The minimum atomic E-state index is -2.46. The molecule has 0 radical (unpaired) electrons. The van der Waals surface area contributed by atoms with Gasteiger partial charge in [0.25, 0.3) is 5.60 Å². The summed E-state index contributed by atoms with van der Waals surface area (Å²) in [6.45, 7) is 5.34. The predicted molar refractivity (Wildman–Crippen MR) is 186 cm³/mol. The number of benzene rings is 1. The van der Waals surface area contributed by atoms with Crippen LogP contribution in [0.15, 0.2) is 30.6 Å². The van der Waals surface area contributed by atoms with Crippen molar-refractivity contribution in [3.8, 4) is 12.3 Å². The smallest absolute Gasteiger partial charge is 0.350 e. The molecule has 2 saturated heterocycles. The van der Waals surface area contributed by atoms with Crippen LogP contribution in [-0.2, 0) is 54.0 Å². The number of halogens is 2. The van der Waals surface area contributed by atoms with Crippen LogP contribution in [0.4, 0.5) is 10.5 Å². The van der Waals surface area contributed by atoms with Gasteiger partial charge in [-0.3, -0.25) is 19.1 Å². The Bertz CT molecular complexity index is 1920. The van der Waals surface area contributed by atoms with Gasteiger partial charge >= 0.3 is 29.9 Å². The topological polar surface area (TPSA) is 200 Å². The van der Waals surface area contributed by atoms with E-state index in [0.717, 1.165) is 20.3 Å². The number of esters is 4. The molecule has 1 N–H and O–H groups in total. The summed E-state index contributed by atoms with van der Waals surface area (Å²) in [7, 11) is 0. The zero-order valence-electron chi connectivity index (χ0n) is 29.1. The molecular weight excluding hydrogens is 739 g/mol. The summed E-state index contributed by atoms with van der Waals surface area (Å²) in [6, 6.07) is 6.32. The second-order valence-corrected chi connectivity index (χ2v) is 12.5. The van der Waals surface area contributed by atoms with Gasteiger partial charge in [0.1, 0.15) is 11.6 Å². The Morgan fingerprint density at radius 3 is 2.34 bits per heavy atom. The predicted octanol–water partition coefficient (Wildman–Crippen LogP) is 2.94. The molecule has 4 heterocycles. The third-order valence-corrected chi connectivity index (χ3v) is 8.83. The summed E-state index contributed by atoms with van der Waals surface area (Å²) in [6.07, 6.45) is 3.13. The molecule has 4 atom stereocenters. The highest BCUT2D eigenvalue weighted by molar-refractivity contribution is 6.35. The van der Waals surface area contributed by atoms with Crippen LogP contribution in [0.25, 0.3) is 11.2 Å². The molecule has 2 aromatic heterocycles. The SMILES string of the molecule is C#C[C@@]1(OC(C)=O)[C@@H](COC(Cc2ccc(N3CCCNC3=O)cc2)(C(=O)OCC)C(=O)OCC)O[C@@H](n2cnc3c(Cl)nc(Cl)nc32)[C@@H]1OC(C)=O. The summed E-state index contributed by atoms with van der Waals surface area (Å²) in [5.74, 6) is -1.50. The van der Waals surface area contributed by atoms with Gasteiger partial charge in [0.05, 0.1) is 26.1 Å². The van der Waals surface area contributed by atoms with Crippen molar-refractivity contribution in [2.45, 2.75) is 70.2 Å². The number of rotatable bonds is 13. The van der Waals surface area contributed by atoms with E-state index in [2.05, 4.69) is 26.2 Å². The number of imidazole rings is 1. The fourth-order valence-electron chi connectivity index (χ4n) is 6.11. The van der Waals surface area contributed by atoms with E-state index in [9.17, 15) is 24.0 Å². The number of nitrogens with zero attached hydrogens (tertiary/aromatic N) is 5. The van der Waals surface area contributed by atoms with Crippen LogP contribution in [0.3, 0.4) is 0 Å². The van der Waals surface area contributed by atoms with E-state index in [0.29, 0.717) is 24.3 Å². The van der Waals surface area contributed by atoms with Crippen LogP contribution in [-0.4, -0.2) is 106 Å². The average molecular weight is 776 g/mol. The first-order valence-corrected chi connectivity index (χ1v) is 17.2. The summed E-state index contributed by atoms with van der Waals surface area (Å²) in [5, 5.41) is 2.45. The van der Waals surface area contributed by atoms with E-state index in [-0.39, 0.29) is 40.8 Å². The zero-order valence-corrected chi connectivity index (χ0v) is 30.6. The number of carbonyl (C=O) groups is 5. The van der Waals surface area contributed by atoms with E-state index in [1.54, 1.807) is 43.0 Å². The van der Waals surface area contributed by atoms with Gasteiger partial charge in [0.15, 0.2) is 17.0 Å². The van der Waals surface area contributed by atoms with Gasteiger partial charge < -0.3 is 33.7 Å². The monoisotopic (exact) mass is 774 g/mol. The van der Waals surface area contributed by atoms with E-state index < -0.39 is 66.5 Å². The van der Waals surface area contributed by atoms with Gasteiger partial charge in [-0.05, 0) is 49.6 Å². The third kappa shape index (κ3) is 7.86. The van der Waals surface area contributed by atoms with Gasteiger partial charge in [-0.2, -0.15) is 4.98 Å². The molecule has 2 fully saturated rings. The van der Waals surface area contributed by atoms with Crippen molar-refractivity contribution < 1.29 is 52.4 Å². The van der Waals surface area contributed by atoms with Crippen molar-refractivity contribution in [2.24, 2.45) is 0 Å². The molecule has 2 amide bonds. The van der Waals surface area contributed by atoms with Crippen LogP contribution in [0.1, 0.15) is 45.9 Å². The highest BCUT2D eigenvalue weighted by atomic mass is 35.5. The lowest BCUT2D eigenvalue weighted by Crippen LogP contribution is -2.57. The van der Waals surface area contributed by atoms with Gasteiger partial charge in [-0.15, -0.1) is 6.42 Å². The first-order valence-electron chi connectivity index (χ1n) is 16.5. The molecule has 3 aromatic rings. The van der Waals surface area contributed by atoms with Crippen LogP contribution in [0.5, 0.6) is 0 Å². The lowest BCUT2D eigenvalue weighted by Gasteiger charge is -2.35. The highest BCUT2D eigenvalue weighted by Gasteiger charge is 2.63. The molecule has 0 bridgehead atoms. The summed E-state index contributed by atoms with van der Waals surface area (Å²) in [4.78, 5) is 79.1. The molecule has 17 nitrogen and oxygen atoms in total. The molecule has 2 aliphatic heterocycles. The Hall–Kier alpha value is -5.02. The second kappa shape index (κ2) is 16.3. The zero-order chi connectivity index (χ0) is 38.5. The minimum Gasteiger partial charge on any atom is -0.463 e. The molecule has 5 rings (SSSR count). The van der Waals surface area contributed by atoms with Crippen LogP contribution in [0, 0.1) is 12.3 Å². The van der Waals surface area contributed by atoms with E-state index in [1.165, 1.54) is 10.9 Å². The Balaban J connectivity index is 1.57. The van der Waals surface area contributed by atoms with Crippen molar-refractivity contribution in [3.63, 3.8) is 0 Å². The van der Waals surface area contributed by atoms with E-state index >= 15 is 0 Å². The number of anilines is 1. The Kier molecular flexibility index (Phi) is 12.1. The molecule has 282 valence electrons. The number of hydrogen-bond acceptors (Lipinski definition) is 14. The molecule has 0 spiro atoms. The second-order valence-electron chi connectivity index (χ2n) is 11.8. The number of hydrogen-bond donors (Lipinski definition) is 1. The average Bonchev–Trinajstić information content (AvgIpc) is 3.65. The normalized spacial score (nSPS) is 21.4. The maximum atomic E-state index is 13.8.